The average Bonchev–Trinajstić information content (AvgIpc) is 2.30. The number of carbonyl (C=O) groups is 1. The molecule has 3 heteroatoms. The van der Waals surface area contributed by atoms with E-state index in [9.17, 15) is 4.79 Å². The lowest BCUT2D eigenvalue weighted by atomic mass is 9.90. The first-order valence-corrected chi connectivity index (χ1v) is 5.68. The molecule has 0 unspecified atom stereocenters. The van der Waals surface area contributed by atoms with E-state index in [-0.39, 0.29) is 12.6 Å². The van der Waals surface area contributed by atoms with Crippen LogP contribution in [0.1, 0.15) is 35.7 Å². The first kappa shape index (κ1) is 11.1. The summed E-state index contributed by atoms with van der Waals surface area (Å²) in [5.41, 5.74) is 1.86. The number of aryl methyl sites for hydroxylation is 1. The number of carbonyl (C=O) groups excluding carboxylic acids is 1. The zero-order chi connectivity index (χ0) is 11.4. The summed E-state index contributed by atoms with van der Waals surface area (Å²) in [7, 11) is 0. The van der Waals surface area contributed by atoms with Crippen molar-refractivity contribution in [1.82, 2.24) is 0 Å². The maximum absolute atomic E-state index is 11.8. The van der Waals surface area contributed by atoms with Crippen LogP contribution in [0.4, 0.5) is 0 Å². The van der Waals surface area contributed by atoms with Gasteiger partial charge in [-0.25, -0.2) is 0 Å². The van der Waals surface area contributed by atoms with E-state index in [2.05, 4.69) is 0 Å². The second kappa shape index (κ2) is 5.12. The molecular weight excluding hydrogens is 204 g/mol. The molecule has 86 valence electrons. The summed E-state index contributed by atoms with van der Waals surface area (Å²) in [5.74, 6) is 0.851. The van der Waals surface area contributed by atoms with Crippen LogP contribution in [0.15, 0.2) is 18.2 Å². The quantitative estimate of drug-likeness (QED) is 0.578. The molecule has 0 aliphatic heterocycles. The molecule has 1 aromatic carbocycles. The van der Waals surface area contributed by atoms with E-state index < -0.39 is 0 Å². The Kier molecular flexibility index (Phi) is 3.57. The number of benzene rings is 1. The van der Waals surface area contributed by atoms with Crippen LogP contribution in [0.5, 0.6) is 5.75 Å². The molecule has 0 radical (unpaired) electrons. The second-order valence-electron chi connectivity index (χ2n) is 3.82. The Morgan fingerprint density at radius 3 is 3.00 bits per heavy atom. The summed E-state index contributed by atoms with van der Waals surface area (Å²) in [5, 5.41) is 0. The molecule has 3 nitrogen and oxygen atoms in total. The third-order valence-electron chi connectivity index (χ3n) is 2.74. The van der Waals surface area contributed by atoms with E-state index in [1.54, 1.807) is 0 Å². The fourth-order valence-corrected chi connectivity index (χ4v) is 1.97. The summed E-state index contributed by atoms with van der Waals surface area (Å²) >= 11 is 0. The molecule has 1 aliphatic rings. The lowest BCUT2D eigenvalue weighted by Crippen LogP contribution is -2.14. The fraction of sp³-hybridized carbons (Fsp3) is 0.462. The van der Waals surface area contributed by atoms with Crippen molar-refractivity contribution >= 4 is 5.78 Å². The molecule has 0 heterocycles. The molecule has 1 aliphatic carbocycles. The van der Waals surface area contributed by atoms with Gasteiger partial charge >= 0.3 is 0 Å². The van der Waals surface area contributed by atoms with Gasteiger partial charge in [-0.15, -0.1) is 0 Å². The van der Waals surface area contributed by atoms with Crippen molar-refractivity contribution < 1.29 is 14.3 Å². The van der Waals surface area contributed by atoms with Gasteiger partial charge in [0.05, 0.1) is 5.56 Å². The number of Topliss-reactive ketones (excluding diaryl/α,β-unsaturated/α-hetero) is 1. The highest BCUT2D eigenvalue weighted by atomic mass is 16.7. The molecule has 0 saturated carbocycles. The van der Waals surface area contributed by atoms with Crippen LogP contribution >= 0.6 is 0 Å². The number of hydrogen-bond donors (Lipinski definition) is 0. The maximum Gasteiger partial charge on any atom is 0.189 e. The minimum atomic E-state index is 0.188. The largest absolute Gasteiger partial charge is 0.467 e. The van der Waals surface area contributed by atoms with E-state index >= 15 is 0 Å². The predicted molar refractivity (Wildman–Crippen MR) is 60.8 cm³/mol. The van der Waals surface area contributed by atoms with E-state index in [0.29, 0.717) is 18.8 Å². The van der Waals surface area contributed by atoms with Crippen LogP contribution in [0, 0.1) is 0 Å². The van der Waals surface area contributed by atoms with E-state index in [1.807, 2.05) is 25.1 Å². The van der Waals surface area contributed by atoms with Gasteiger partial charge in [-0.1, -0.05) is 12.1 Å². The summed E-state index contributed by atoms with van der Waals surface area (Å²) in [4.78, 5) is 11.8. The Hall–Kier alpha value is -1.35. The SMILES string of the molecule is CCOCOc1cccc2c1C(=O)CCC2. The zero-order valence-corrected chi connectivity index (χ0v) is 9.49. The molecule has 2 rings (SSSR count). The van der Waals surface area contributed by atoms with Gasteiger partial charge in [0, 0.05) is 13.0 Å². The van der Waals surface area contributed by atoms with Crippen LogP contribution in [0.2, 0.25) is 0 Å². The van der Waals surface area contributed by atoms with Gasteiger partial charge in [0.25, 0.3) is 0 Å². The Balaban J connectivity index is 2.21. The second-order valence-corrected chi connectivity index (χ2v) is 3.82. The number of fused-ring (bicyclic) bond motifs is 1. The molecule has 0 bridgehead atoms. The van der Waals surface area contributed by atoms with Crippen molar-refractivity contribution in [2.45, 2.75) is 26.2 Å². The van der Waals surface area contributed by atoms with Crippen LogP contribution in [0.3, 0.4) is 0 Å². The van der Waals surface area contributed by atoms with Gasteiger partial charge in [0.2, 0.25) is 0 Å². The van der Waals surface area contributed by atoms with Crippen LogP contribution in [-0.2, 0) is 11.2 Å². The van der Waals surface area contributed by atoms with Gasteiger partial charge in [-0.2, -0.15) is 0 Å². The molecular formula is C13H16O3. The van der Waals surface area contributed by atoms with Gasteiger partial charge in [-0.3, -0.25) is 4.79 Å². The number of ketones is 1. The number of hydrogen-bond acceptors (Lipinski definition) is 3. The smallest absolute Gasteiger partial charge is 0.189 e. The monoisotopic (exact) mass is 220 g/mol. The molecule has 16 heavy (non-hydrogen) atoms. The van der Waals surface area contributed by atoms with Crippen LogP contribution in [0.25, 0.3) is 0 Å². The van der Waals surface area contributed by atoms with Crippen LogP contribution in [-0.4, -0.2) is 19.2 Å². The average molecular weight is 220 g/mol. The highest BCUT2D eigenvalue weighted by molar-refractivity contribution is 6.01. The van der Waals surface area contributed by atoms with Crippen LogP contribution < -0.4 is 4.74 Å². The summed E-state index contributed by atoms with van der Waals surface area (Å²) in [6.45, 7) is 2.73. The van der Waals surface area contributed by atoms with Crippen molar-refractivity contribution in [3.8, 4) is 5.75 Å². The highest BCUT2D eigenvalue weighted by Crippen LogP contribution is 2.29. The summed E-state index contributed by atoms with van der Waals surface area (Å²) in [6.07, 6.45) is 2.54. The molecule has 0 atom stereocenters. The van der Waals surface area contributed by atoms with Crippen molar-refractivity contribution in [3.63, 3.8) is 0 Å². The lowest BCUT2D eigenvalue weighted by Gasteiger charge is -2.18. The molecule has 0 spiro atoms. The third-order valence-corrected chi connectivity index (χ3v) is 2.74. The van der Waals surface area contributed by atoms with Gasteiger partial charge in [-0.05, 0) is 31.4 Å². The fourth-order valence-electron chi connectivity index (χ4n) is 1.97. The first-order chi connectivity index (χ1) is 7.83. The standard InChI is InChI=1S/C13H16O3/c1-2-15-9-16-12-8-4-6-10-5-3-7-11(14)13(10)12/h4,6,8H,2-3,5,7,9H2,1H3. The summed E-state index contributed by atoms with van der Waals surface area (Å²) < 4.78 is 10.6. The molecule has 0 N–H and O–H groups in total. The molecule has 1 aromatic rings. The first-order valence-electron chi connectivity index (χ1n) is 5.68. The highest BCUT2D eigenvalue weighted by Gasteiger charge is 2.21. The van der Waals surface area contributed by atoms with Gasteiger partial charge < -0.3 is 9.47 Å². The van der Waals surface area contributed by atoms with Crippen molar-refractivity contribution in [1.29, 1.82) is 0 Å². The Morgan fingerprint density at radius 1 is 1.31 bits per heavy atom. The molecule has 0 saturated heterocycles. The molecule has 0 aromatic heterocycles. The predicted octanol–water partition coefficient (Wildman–Crippen LogP) is 2.58. The Bertz CT molecular complexity index is 385. The minimum absolute atomic E-state index is 0.188. The minimum Gasteiger partial charge on any atom is -0.467 e. The van der Waals surface area contributed by atoms with E-state index in [1.165, 1.54) is 0 Å². The number of rotatable bonds is 4. The van der Waals surface area contributed by atoms with E-state index in [0.717, 1.165) is 24.0 Å². The van der Waals surface area contributed by atoms with Crippen molar-refractivity contribution in [2.24, 2.45) is 0 Å². The number of ether oxygens (including phenoxy) is 2. The zero-order valence-electron chi connectivity index (χ0n) is 9.49. The summed E-state index contributed by atoms with van der Waals surface area (Å²) in [6, 6.07) is 5.76. The maximum atomic E-state index is 11.8. The lowest BCUT2D eigenvalue weighted by molar-refractivity contribution is 0.0218. The van der Waals surface area contributed by atoms with Crippen molar-refractivity contribution in [3.05, 3.63) is 29.3 Å². The molecule has 0 amide bonds. The van der Waals surface area contributed by atoms with Crippen molar-refractivity contribution in [2.75, 3.05) is 13.4 Å². The molecule has 0 fully saturated rings. The van der Waals surface area contributed by atoms with E-state index in [4.69, 9.17) is 9.47 Å². The Morgan fingerprint density at radius 2 is 2.19 bits per heavy atom. The van der Waals surface area contributed by atoms with Gasteiger partial charge in [0.1, 0.15) is 5.75 Å². The normalized spacial score (nSPS) is 14.7. The third kappa shape index (κ3) is 2.25. The topological polar surface area (TPSA) is 35.5 Å². The Labute approximate surface area is 95.4 Å². The van der Waals surface area contributed by atoms with Gasteiger partial charge in [0.15, 0.2) is 12.6 Å².